The Hall–Kier alpha value is -2.53. The van der Waals surface area contributed by atoms with Crippen LogP contribution in [0, 0.1) is 0 Å². The monoisotopic (exact) mass is 440 g/mol. The summed E-state index contributed by atoms with van der Waals surface area (Å²) in [7, 11) is 1.84. The maximum absolute atomic E-state index is 12.6. The normalized spacial score (nSPS) is 10.9. The van der Waals surface area contributed by atoms with Crippen LogP contribution in [-0.4, -0.2) is 55.7 Å². The van der Waals surface area contributed by atoms with Crippen LogP contribution in [0.15, 0.2) is 48.5 Å². The Morgan fingerprint density at radius 1 is 0.781 bits per heavy atom. The van der Waals surface area contributed by atoms with Crippen molar-refractivity contribution in [2.24, 2.45) is 0 Å². The second-order valence-electron chi connectivity index (χ2n) is 8.19. The smallest absolute Gasteiger partial charge is 0.261 e. The van der Waals surface area contributed by atoms with Crippen LogP contribution >= 0.6 is 0 Å². The van der Waals surface area contributed by atoms with Gasteiger partial charge < -0.3 is 14.4 Å². The van der Waals surface area contributed by atoms with Gasteiger partial charge in [0.15, 0.2) is 6.61 Å². The predicted octanol–water partition coefficient (Wildman–Crippen LogP) is 5.18. The molecule has 0 N–H and O–H groups in total. The molecular formula is C27H40N2O3. The summed E-state index contributed by atoms with van der Waals surface area (Å²) in [5.41, 5.74) is 2.58. The summed E-state index contributed by atoms with van der Waals surface area (Å²) >= 11 is 0. The average Bonchev–Trinajstić information content (AvgIpc) is 2.83. The van der Waals surface area contributed by atoms with E-state index in [0.29, 0.717) is 13.3 Å². The van der Waals surface area contributed by atoms with E-state index in [1.54, 1.807) is 4.90 Å². The van der Waals surface area contributed by atoms with Gasteiger partial charge in [0.25, 0.3) is 5.91 Å². The molecular weight excluding hydrogens is 400 g/mol. The first-order chi connectivity index (χ1) is 15.5. The molecule has 2 rings (SSSR count). The van der Waals surface area contributed by atoms with Crippen LogP contribution in [0.2, 0.25) is 0 Å². The SMILES string of the molecule is CCCCN(CCCOc1ccc(CC)cc1)CN(C)C(=O)COc1ccc(CC)cc1. The van der Waals surface area contributed by atoms with Crippen LogP contribution in [0.3, 0.4) is 0 Å². The summed E-state index contributed by atoms with van der Waals surface area (Å²) in [6, 6.07) is 16.2. The molecule has 0 aromatic heterocycles. The number of unbranched alkanes of at least 4 members (excludes halogenated alkanes) is 1. The standard InChI is InChI=1S/C27H40N2O3/c1-5-8-18-29(19-9-20-31-25-14-10-23(6-2)11-15-25)22-28(4)27(30)21-32-26-16-12-24(7-3)13-17-26/h10-17H,5-9,18-22H2,1-4H3. The Morgan fingerprint density at radius 2 is 1.31 bits per heavy atom. The van der Waals surface area contributed by atoms with Gasteiger partial charge in [0.05, 0.1) is 13.3 Å². The molecule has 0 unspecified atom stereocenters. The van der Waals surface area contributed by atoms with Gasteiger partial charge in [0, 0.05) is 13.6 Å². The highest BCUT2D eigenvalue weighted by Crippen LogP contribution is 2.14. The molecule has 0 atom stereocenters. The van der Waals surface area contributed by atoms with Crippen molar-refractivity contribution in [3.05, 3.63) is 59.7 Å². The van der Waals surface area contributed by atoms with Crippen molar-refractivity contribution in [1.29, 1.82) is 0 Å². The molecule has 2 aromatic rings. The second-order valence-corrected chi connectivity index (χ2v) is 8.19. The predicted molar refractivity (Wildman–Crippen MR) is 131 cm³/mol. The maximum Gasteiger partial charge on any atom is 0.261 e. The van der Waals surface area contributed by atoms with Gasteiger partial charge in [0.2, 0.25) is 0 Å². The summed E-state index contributed by atoms with van der Waals surface area (Å²) in [6.07, 6.45) is 5.19. The molecule has 0 saturated carbocycles. The molecule has 0 radical (unpaired) electrons. The zero-order chi connectivity index (χ0) is 23.2. The Balaban J connectivity index is 1.75. The molecule has 5 heteroatoms. The molecule has 0 saturated heterocycles. The number of likely N-dealkylation sites (N-methyl/N-ethyl adjacent to an activating group) is 1. The minimum absolute atomic E-state index is 0.0154. The summed E-state index contributed by atoms with van der Waals surface area (Å²) in [5, 5.41) is 0. The third kappa shape index (κ3) is 9.31. The van der Waals surface area contributed by atoms with Crippen molar-refractivity contribution in [3.8, 4) is 11.5 Å². The molecule has 0 aliphatic rings. The summed E-state index contributed by atoms with van der Waals surface area (Å²) in [4.78, 5) is 16.6. The lowest BCUT2D eigenvalue weighted by Gasteiger charge is -2.28. The molecule has 0 bridgehead atoms. The fraction of sp³-hybridized carbons (Fsp3) is 0.519. The van der Waals surface area contributed by atoms with E-state index in [4.69, 9.17) is 9.47 Å². The zero-order valence-corrected chi connectivity index (χ0v) is 20.3. The molecule has 176 valence electrons. The van der Waals surface area contributed by atoms with E-state index in [9.17, 15) is 4.79 Å². The van der Waals surface area contributed by atoms with Gasteiger partial charge >= 0.3 is 0 Å². The van der Waals surface area contributed by atoms with E-state index in [1.807, 2.05) is 43.4 Å². The number of carbonyl (C=O) groups excluding carboxylic acids is 1. The van der Waals surface area contributed by atoms with Crippen LogP contribution in [0.1, 0.15) is 51.2 Å². The van der Waals surface area contributed by atoms with Crippen molar-refractivity contribution in [2.75, 3.05) is 40.0 Å². The van der Waals surface area contributed by atoms with E-state index < -0.39 is 0 Å². The molecule has 2 aromatic carbocycles. The molecule has 0 aliphatic carbocycles. The first-order valence-electron chi connectivity index (χ1n) is 12.0. The quantitative estimate of drug-likeness (QED) is 0.283. The number of rotatable bonds is 15. The van der Waals surface area contributed by atoms with Crippen LogP contribution in [-0.2, 0) is 17.6 Å². The van der Waals surface area contributed by atoms with Gasteiger partial charge in [-0.25, -0.2) is 0 Å². The molecule has 5 nitrogen and oxygen atoms in total. The summed E-state index contributed by atoms with van der Waals surface area (Å²) in [5.74, 6) is 1.63. The first kappa shape index (κ1) is 25.7. The Morgan fingerprint density at radius 3 is 1.84 bits per heavy atom. The van der Waals surface area contributed by atoms with Gasteiger partial charge in [-0.1, -0.05) is 51.5 Å². The number of ether oxygens (including phenoxy) is 2. The molecule has 0 aliphatic heterocycles. The molecule has 0 heterocycles. The minimum atomic E-state index is -0.0154. The lowest BCUT2D eigenvalue weighted by molar-refractivity contribution is -0.134. The maximum atomic E-state index is 12.6. The van der Waals surface area contributed by atoms with Crippen LogP contribution in [0.5, 0.6) is 11.5 Å². The first-order valence-corrected chi connectivity index (χ1v) is 12.0. The summed E-state index contributed by atoms with van der Waals surface area (Å²) in [6.45, 7) is 9.65. The van der Waals surface area contributed by atoms with Crippen molar-refractivity contribution in [3.63, 3.8) is 0 Å². The van der Waals surface area contributed by atoms with Gasteiger partial charge in [0.1, 0.15) is 11.5 Å². The Bertz CT molecular complexity index is 774. The fourth-order valence-electron chi connectivity index (χ4n) is 3.39. The van der Waals surface area contributed by atoms with Gasteiger partial charge in [-0.3, -0.25) is 9.69 Å². The summed E-state index contributed by atoms with van der Waals surface area (Å²) < 4.78 is 11.6. The van der Waals surface area contributed by atoms with Gasteiger partial charge in [-0.2, -0.15) is 0 Å². The molecule has 0 spiro atoms. The van der Waals surface area contributed by atoms with E-state index in [2.05, 4.69) is 37.8 Å². The van der Waals surface area contributed by atoms with Crippen LogP contribution in [0.25, 0.3) is 0 Å². The number of hydrogen-bond donors (Lipinski definition) is 0. The van der Waals surface area contributed by atoms with Crippen molar-refractivity contribution in [1.82, 2.24) is 9.80 Å². The number of amides is 1. The Kier molecular flexibility index (Phi) is 11.7. The molecule has 0 fully saturated rings. The molecule has 1 amide bonds. The number of nitrogens with zero attached hydrogens (tertiary/aromatic N) is 2. The fourth-order valence-corrected chi connectivity index (χ4v) is 3.39. The highest BCUT2D eigenvalue weighted by molar-refractivity contribution is 5.77. The van der Waals surface area contributed by atoms with Crippen molar-refractivity contribution in [2.45, 2.75) is 52.9 Å². The molecule has 32 heavy (non-hydrogen) atoms. The number of aryl methyl sites for hydroxylation is 2. The number of hydrogen-bond acceptors (Lipinski definition) is 4. The topological polar surface area (TPSA) is 42.0 Å². The van der Waals surface area contributed by atoms with Crippen molar-refractivity contribution < 1.29 is 14.3 Å². The highest BCUT2D eigenvalue weighted by Gasteiger charge is 2.14. The van der Waals surface area contributed by atoms with E-state index in [1.165, 1.54) is 11.1 Å². The van der Waals surface area contributed by atoms with E-state index >= 15 is 0 Å². The minimum Gasteiger partial charge on any atom is -0.494 e. The third-order valence-electron chi connectivity index (χ3n) is 5.58. The lowest BCUT2D eigenvalue weighted by atomic mass is 10.2. The largest absolute Gasteiger partial charge is 0.494 e. The Labute approximate surface area is 194 Å². The second kappa shape index (κ2) is 14.5. The van der Waals surface area contributed by atoms with Crippen LogP contribution < -0.4 is 9.47 Å². The third-order valence-corrected chi connectivity index (χ3v) is 5.58. The number of benzene rings is 2. The number of carbonyl (C=O) groups is 1. The van der Waals surface area contributed by atoms with Gasteiger partial charge in [-0.05, 0) is 67.6 Å². The van der Waals surface area contributed by atoms with E-state index in [-0.39, 0.29) is 12.5 Å². The van der Waals surface area contributed by atoms with Gasteiger partial charge in [-0.15, -0.1) is 0 Å². The highest BCUT2D eigenvalue weighted by atomic mass is 16.5. The zero-order valence-electron chi connectivity index (χ0n) is 20.3. The lowest BCUT2D eigenvalue weighted by Crippen LogP contribution is -2.42. The van der Waals surface area contributed by atoms with Crippen molar-refractivity contribution >= 4 is 5.91 Å². The average molecular weight is 441 g/mol. The van der Waals surface area contributed by atoms with E-state index in [0.717, 1.165) is 56.7 Å². The van der Waals surface area contributed by atoms with Crippen LogP contribution in [0.4, 0.5) is 0 Å².